The van der Waals surface area contributed by atoms with Crippen LogP contribution in [0.4, 0.5) is 0 Å². The van der Waals surface area contributed by atoms with Crippen LogP contribution in [-0.2, 0) is 26.1 Å². The number of alkyl halides is 6. The van der Waals surface area contributed by atoms with Crippen molar-refractivity contribution >= 4 is 115 Å². The first kappa shape index (κ1) is 30.7. The van der Waals surface area contributed by atoms with E-state index in [1.165, 1.54) is 5.56 Å². The van der Waals surface area contributed by atoms with Gasteiger partial charge in [-0.05, 0) is 144 Å². The summed E-state index contributed by atoms with van der Waals surface area (Å²) in [4.78, 5) is 0.508. The predicted octanol–water partition coefficient (Wildman–Crippen LogP) is 8.41. The van der Waals surface area contributed by atoms with Gasteiger partial charge in [-0.2, -0.15) is 0 Å². The number of aryl methyl sites for hydroxylation is 1. The fourth-order valence-corrected chi connectivity index (χ4v) is 7.49. The minimum Gasteiger partial charge on any atom is -0.220 e. The Morgan fingerprint density at radius 3 is 1.29 bits per heavy atom. The van der Waals surface area contributed by atoms with E-state index in [4.69, 9.17) is 0 Å². The standard InChI is InChI=1S/C14H11Br3O2S.C8H7Br3O2S/c15-14(16,17)20(18,19)13-8-6-12(7-9-13)10-11-4-2-1-3-5-11;1-6-2-4-7(5-3-6)14(12,13)8(9,10)11/h1-9H,10H2;2-5H,1H3. The highest BCUT2D eigenvalue weighted by Crippen LogP contribution is 2.43. The van der Waals surface area contributed by atoms with Crippen molar-refractivity contribution in [3.63, 3.8) is 0 Å². The van der Waals surface area contributed by atoms with E-state index < -0.39 is 22.6 Å². The van der Waals surface area contributed by atoms with E-state index in [1.54, 1.807) is 36.4 Å². The molecule has 12 heteroatoms. The molecule has 0 bridgehead atoms. The zero-order valence-electron chi connectivity index (χ0n) is 17.4. The number of benzene rings is 3. The minimum atomic E-state index is -3.52. The van der Waals surface area contributed by atoms with E-state index >= 15 is 0 Å². The van der Waals surface area contributed by atoms with Crippen molar-refractivity contribution < 1.29 is 16.8 Å². The second-order valence-corrected chi connectivity index (χ2v) is 27.9. The molecule has 184 valence electrons. The van der Waals surface area contributed by atoms with Crippen LogP contribution in [-0.4, -0.2) is 19.8 Å². The molecule has 0 aliphatic rings. The topological polar surface area (TPSA) is 68.3 Å². The van der Waals surface area contributed by atoms with Crippen molar-refractivity contribution in [2.45, 2.75) is 26.1 Å². The fourth-order valence-electron chi connectivity index (χ4n) is 2.60. The van der Waals surface area contributed by atoms with Crippen LogP contribution in [0.25, 0.3) is 0 Å². The predicted molar refractivity (Wildman–Crippen MR) is 160 cm³/mol. The smallest absolute Gasteiger partial charge is 0.220 e. The van der Waals surface area contributed by atoms with Gasteiger partial charge in [0.1, 0.15) is 0 Å². The molecule has 0 saturated heterocycles. The Bertz CT molecular complexity index is 1300. The van der Waals surface area contributed by atoms with E-state index in [0.29, 0.717) is 0 Å². The lowest BCUT2D eigenvalue weighted by Crippen LogP contribution is -2.17. The molecular weight excluding hydrogens is 872 g/mol. The highest BCUT2D eigenvalue weighted by atomic mass is 80.0. The fraction of sp³-hybridized carbons (Fsp3) is 0.182. The maximum Gasteiger partial charge on any atom is 0.239 e. The second-order valence-electron chi connectivity index (χ2n) is 7.02. The van der Waals surface area contributed by atoms with Crippen molar-refractivity contribution in [2.24, 2.45) is 0 Å². The summed E-state index contributed by atoms with van der Waals surface area (Å²) in [6.07, 6.45) is 0.781. The molecule has 0 fully saturated rings. The molecule has 0 saturated carbocycles. The molecular formula is C22H18Br6O4S2. The van der Waals surface area contributed by atoms with Gasteiger partial charge in [0.25, 0.3) is 0 Å². The van der Waals surface area contributed by atoms with Crippen molar-refractivity contribution in [1.29, 1.82) is 0 Å². The van der Waals surface area contributed by atoms with Crippen molar-refractivity contribution in [2.75, 3.05) is 0 Å². The Morgan fingerprint density at radius 1 is 0.559 bits per heavy atom. The van der Waals surface area contributed by atoms with Crippen LogP contribution in [0.2, 0.25) is 0 Å². The lowest BCUT2D eigenvalue weighted by molar-refractivity contribution is 0.597. The maximum absolute atomic E-state index is 12.2. The van der Waals surface area contributed by atoms with E-state index in [1.807, 2.05) is 49.4 Å². The van der Waals surface area contributed by atoms with Crippen LogP contribution in [0.3, 0.4) is 0 Å². The first-order chi connectivity index (χ1) is 15.6. The molecule has 0 aromatic heterocycles. The Kier molecular flexibility index (Phi) is 11.1. The van der Waals surface area contributed by atoms with Gasteiger partial charge in [-0.15, -0.1) is 0 Å². The Balaban J connectivity index is 0.000000257. The van der Waals surface area contributed by atoms with Gasteiger partial charge in [-0.25, -0.2) is 16.8 Å². The number of hydrogen-bond acceptors (Lipinski definition) is 4. The monoisotopic (exact) mass is 884 g/mol. The molecule has 0 heterocycles. The third-order valence-electron chi connectivity index (χ3n) is 4.43. The average molecular weight is 890 g/mol. The Morgan fingerprint density at radius 2 is 0.912 bits per heavy atom. The molecule has 3 aromatic carbocycles. The van der Waals surface area contributed by atoms with Crippen LogP contribution >= 0.6 is 95.6 Å². The average Bonchev–Trinajstić information content (AvgIpc) is 2.74. The summed E-state index contributed by atoms with van der Waals surface area (Å²) in [7, 11) is -6.96. The molecule has 3 rings (SSSR count). The minimum absolute atomic E-state index is 0.250. The summed E-state index contributed by atoms with van der Waals surface area (Å²) in [6.45, 7) is 1.90. The lowest BCUT2D eigenvalue weighted by Gasteiger charge is -2.13. The summed E-state index contributed by atoms with van der Waals surface area (Å²) >= 11 is 18.2. The summed E-state index contributed by atoms with van der Waals surface area (Å²) < 4.78 is 45.4. The van der Waals surface area contributed by atoms with E-state index in [2.05, 4.69) is 95.6 Å². The van der Waals surface area contributed by atoms with Gasteiger partial charge in [0, 0.05) is 0 Å². The molecule has 0 N–H and O–H groups in total. The molecule has 0 spiro atoms. The Hall–Kier alpha value is 0.440. The molecule has 0 aliphatic carbocycles. The zero-order chi connectivity index (χ0) is 25.8. The van der Waals surface area contributed by atoms with Crippen LogP contribution in [0, 0.1) is 6.92 Å². The summed E-state index contributed by atoms with van der Waals surface area (Å²) in [5.74, 6) is 0. The molecule has 4 nitrogen and oxygen atoms in total. The highest BCUT2D eigenvalue weighted by Gasteiger charge is 2.38. The van der Waals surface area contributed by atoms with E-state index in [-0.39, 0.29) is 9.79 Å². The first-order valence-electron chi connectivity index (χ1n) is 9.38. The van der Waals surface area contributed by atoms with Crippen molar-refractivity contribution in [3.05, 3.63) is 95.6 Å². The van der Waals surface area contributed by atoms with Crippen molar-refractivity contribution in [1.82, 2.24) is 0 Å². The van der Waals surface area contributed by atoms with Crippen LogP contribution in [0.5, 0.6) is 0 Å². The third kappa shape index (κ3) is 8.22. The molecule has 0 aliphatic heterocycles. The van der Waals surface area contributed by atoms with Gasteiger partial charge in [-0.1, -0.05) is 60.2 Å². The maximum atomic E-state index is 12.2. The lowest BCUT2D eigenvalue weighted by atomic mass is 10.1. The molecule has 0 radical (unpaired) electrons. The van der Waals surface area contributed by atoms with E-state index in [9.17, 15) is 16.8 Å². The third-order valence-corrected chi connectivity index (χ3v) is 15.1. The largest absolute Gasteiger partial charge is 0.239 e. The van der Waals surface area contributed by atoms with Crippen LogP contribution in [0.1, 0.15) is 16.7 Å². The number of rotatable bonds is 4. The summed E-state index contributed by atoms with van der Waals surface area (Å²) in [5, 5.41) is 0. The Labute approximate surface area is 250 Å². The number of sulfone groups is 2. The van der Waals surface area contributed by atoms with Gasteiger partial charge >= 0.3 is 0 Å². The number of hydrogen-bond donors (Lipinski definition) is 0. The van der Waals surface area contributed by atoms with Gasteiger partial charge in [0.05, 0.1) is 9.79 Å². The van der Waals surface area contributed by atoms with Gasteiger partial charge in [-0.3, -0.25) is 0 Å². The molecule has 0 unspecified atom stereocenters. The zero-order valence-corrected chi connectivity index (χ0v) is 28.6. The van der Waals surface area contributed by atoms with Gasteiger partial charge < -0.3 is 0 Å². The second kappa shape index (κ2) is 12.3. The highest BCUT2D eigenvalue weighted by molar-refractivity contribution is 9.42. The van der Waals surface area contributed by atoms with Gasteiger partial charge in [0.15, 0.2) is 0 Å². The van der Waals surface area contributed by atoms with Gasteiger partial charge in [0.2, 0.25) is 22.6 Å². The molecule has 34 heavy (non-hydrogen) atoms. The molecule has 0 amide bonds. The van der Waals surface area contributed by atoms with Crippen LogP contribution < -0.4 is 0 Å². The summed E-state index contributed by atoms with van der Waals surface area (Å²) in [5.41, 5.74) is 3.28. The molecule has 3 aromatic rings. The quantitative estimate of drug-likeness (QED) is 0.247. The van der Waals surface area contributed by atoms with E-state index in [0.717, 1.165) is 17.5 Å². The number of halogens is 6. The SMILES string of the molecule is Cc1ccc(S(=O)(=O)C(Br)(Br)Br)cc1.O=S(=O)(c1ccc(Cc2ccccc2)cc1)C(Br)(Br)Br. The summed E-state index contributed by atoms with van der Waals surface area (Å²) in [6, 6.07) is 23.6. The van der Waals surface area contributed by atoms with Crippen molar-refractivity contribution in [3.8, 4) is 0 Å². The molecule has 0 atom stereocenters. The normalized spacial score (nSPS) is 12.6. The van der Waals surface area contributed by atoms with Crippen LogP contribution in [0.15, 0.2) is 88.7 Å². The first-order valence-corrected chi connectivity index (χ1v) is 17.1.